The number of aromatic nitrogens is 1. The van der Waals surface area contributed by atoms with E-state index in [1.54, 1.807) is 6.21 Å². The van der Waals surface area contributed by atoms with E-state index in [0.717, 1.165) is 16.7 Å². The average molecular weight is 361 g/mol. The predicted molar refractivity (Wildman–Crippen MR) is 107 cm³/mol. The third-order valence-corrected chi connectivity index (χ3v) is 4.24. The second kappa shape index (κ2) is 8.85. The SMILES string of the molecule is CCOC(=O)c1cn(Cc2ccccc2)cc1Cc1cccc(/C=N\N)c1. The van der Waals surface area contributed by atoms with Crippen LogP contribution in [0.15, 0.2) is 72.1 Å². The van der Waals surface area contributed by atoms with E-state index < -0.39 is 0 Å². The molecule has 0 atom stereocenters. The number of carbonyl (C=O) groups excluding carboxylic acids is 1. The van der Waals surface area contributed by atoms with Crippen molar-refractivity contribution in [1.29, 1.82) is 0 Å². The standard InChI is InChI=1S/C22H23N3O2/c1-2-27-22(26)21-16-25(14-17-7-4-3-5-8-17)15-20(21)12-18-9-6-10-19(11-18)13-24-23/h3-11,13,15-16H,2,12,14,23H2,1H3/b24-13-. The predicted octanol–water partition coefficient (Wildman–Crippen LogP) is 3.60. The van der Waals surface area contributed by atoms with E-state index in [0.29, 0.717) is 25.1 Å². The van der Waals surface area contributed by atoms with Gasteiger partial charge >= 0.3 is 5.97 Å². The summed E-state index contributed by atoms with van der Waals surface area (Å²) in [6.45, 7) is 2.87. The van der Waals surface area contributed by atoms with Crippen LogP contribution in [0.1, 0.15) is 39.5 Å². The first-order chi connectivity index (χ1) is 13.2. The molecule has 0 bridgehead atoms. The van der Waals surface area contributed by atoms with Crippen molar-refractivity contribution in [3.8, 4) is 0 Å². The van der Waals surface area contributed by atoms with Crippen molar-refractivity contribution in [2.45, 2.75) is 19.9 Å². The minimum atomic E-state index is -0.293. The molecule has 0 unspecified atom stereocenters. The van der Waals surface area contributed by atoms with Gasteiger partial charge in [0, 0.05) is 18.9 Å². The molecule has 2 N–H and O–H groups in total. The normalized spacial score (nSPS) is 11.0. The van der Waals surface area contributed by atoms with Crippen molar-refractivity contribution in [3.63, 3.8) is 0 Å². The van der Waals surface area contributed by atoms with Crippen LogP contribution in [0.4, 0.5) is 0 Å². The molecule has 3 rings (SSSR count). The average Bonchev–Trinajstić information content (AvgIpc) is 3.05. The van der Waals surface area contributed by atoms with Gasteiger partial charge in [-0.1, -0.05) is 48.5 Å². The van der Waals surface area contributed by atoms with Gasteiger partial charge in [0.2, 0.25) is 0 Å². The van der Waals surface area contributed by atoms with Gasteiger partial charge in [0.25, 0.3) is 0 Å². The van der Waals surface area contributed by atoms with E-state index >= 15 is 0 Å². The number of rotatable bonds is 7. The zero-order valence-corrected chi connectivity index (χ0v) is 15.3. The molecule has 1 heterocycles. The summed E-state index contributed by atoms with van der Waals surface area (Å²) in [4.78, 5) is 12.4. The molecule has 5 nitrogen and oxygen atoms in total. The fourth-order valence-corrected chi connectivity index (χ4v) is 3.06. The molecule has 0 aliphatic heterocycles. The van der Waals surface area contributed by atoms with E-state index in [1.807, 2.05) is 66.3 Å². The zero-order chi connectivity index (χ0) is 19.1. The van der Waals surface area contributed by atoms with Gasteiger partial charge in [-0.15, -0.1) is 0 Å². The highest BCUT2D eigenvalue weighted by Gasteiger charge is 2.16. The Balaban J connectivity index is 1.89. The lowest BCUT2D eigenvalue weighted by Crippen LogP contribution is -2.06. The first-order valence-corrected chi connectivity index (χ1v) is 8.91. The molecule has 1 aromatic heterocycles. The first-order valence-electron chi connectivity index (χ1n) is 8.91. The highest BCUT2D eigenvalue weighted by atomic mass is 16.5. The molecular formula is C22H23N3O2. The molecule has 2 aromatic carbocycles. The quantitative estimate of drug-likeness (QED) is 0.303. The lowest BCUT2D eigenvalue weighted by atomic mass is 10.0. The van der Waals surface area contributed by atoms with E-state index in [9.17, 15) is 4.79 Å². The molecule has 0 saturated carbocycles. The summed E-state index contributed by atoms with van der Waals surface area (Å²) in [5, 5.41) is 3.57. The third kappa shape index (κ3) is 4.85. The Morgan fingerprint density at radius 2 is 1.89 bits per heavy atom. The number of ether oxygens (including phenoxy) is 1. The van der Waals surface area contributed by atoms with Crippen LogP contribution in [0.2, 0.25) is 0 Å². The van der Waals surface area contributed by atoms with E-state index in [1.165, 1.54) is 5.56 Å². The van der Waals surface area contributed by atoms with Gasteiger partial charge in [-0.2, -0.15) is 5.10 Å². The lowest BCUT2D eigenvalue weighted by molar-refractivity contribution is 0.0525. The zero-order valence-electron chi connectivity index (χ0n) is 15.3. The molecule has 5 heteroatoms. The number of esters is 1. The van der Waals surface area contributed by atoms with Crippen LogP contribution in [0, 0.1) is 0 Å². The van der Waals surface area contributed by atoms with Crippen LogP contribution >= 0.6 is 0 Å². The summed E-state index contributed by atoms with van der Waals surface area (Å²) in [7, 11) is 0. The molecule has 3 aromatic rings. The van der Waals surface area contributed by atoms with Gasteiger partial charge in [0.1, 0.15) is 0 Å². The number of carbonyl (C=O) groups is 1. The Kier molecular flexibility index (Phi) is 6.05. The molecule has 0 fully saturated rings. The number of nitrogens with zero attached hydrogens (tertiary/aromatic N) is 2. The van der Waals surface area contributed by atoms with Crippen LogP contribution in [-0.4, -0.2) is 23.4 Å². The molecule has 0 amide bonds. The molecule has 0 aliphatic carbocycles. The van der Waals surface area contributed by atoms with Crippen LogP contribution in [0.25, 0.3) is 0 Å². The summed E-state index contributed by atoms with van der Waals surface area (Å²) in [5.41, 5.74) is 4.72. The topological polar surface area (TPSA) is 69.6 Å². The summed E-state index contributed by atoms with van der Waals surface area (Å²) >= 11 is 0. The molecule has 0 spiro atoms. The van der Waals surface area contributed by atoms with Crippen LogP contribution < -0.4 is 5.84 Å². The van der Waals surface area contributed by atoms with Crippen LogP contribution in [-0.2, 0) is 17.7 Å². The Morgan fingerprint density at radius 3 is 2.63 bits per heavy atom. The minimum Gasteiger partial charge on any atom is -0.462 e. The van der Waals surface area contributed by atoms with Crippen LogP contribution in [0.5, 0.6) is 0 Å². The van der Waals surface area contributed by atoms with Gasteiger partial charge in [-0.05, 0) is 41.7 Å². The number of benzene rings is 2. The number of hydrazone groups is 1. The molecule has 27 heavy (non-hydrogen) atoms. The van der Waals surface area contributed by atoms with Gasteiger partial charge < -0.3 is 15.1 Å². The van der Waals surface area contributed by atoms with Crippen molar-refractivity contribution in [2.24, 2.45) is 10.9 Å². The largest absolute Gasteiger partial charge is 0.462 e. The Bertz CT molecular complexity index is 930. The maximum absolute atomic E-state index is 12.4. The fraction of sp³-hybridized carbons (Fsp3) is 0.182. The monoisotopic (exact) mass is 361 g/mol. The fourth-order valence-electron chi connectivity index (χ4n) is 3.06. The minimum absolute atomic E-state index is 0.293. The van der Waals surface area contributed by atoms with Gasteiger partial charge in [0.05, 0.1) is 18.4 Å². The van der Waals surface area contributed by atoms with E-state index in [2.05, 4.69) is 17.2 Å². The molecule has 0 radical (unpaired) electrons. The number of hydrogen-bond acceptors (Lipinski definition) is 4. The summed E-state index contributed by atoms with van der Waals surface area (Å²) < 4.78 is 7.27. The molecule has 0 aliphatic rings. The summed E-state index contributed by atoms with van der Waals surface area (Å²) in [6.07, 6.45) is 6.12. The second-order valence-electron chi connectivity index (χ2n) is 6.28. The number of nitrogens with two attached hydrogens (primary N) is 1. The Morgan fingerprint density at radius 1 is 1.11 bits per heavy atom. The molecular weight excluding hydrogens is 338 g/mol. The number of hydrogen-bond donors (Lipinski definition) is 1. The second-order valence-corrected chi connectivity index (χ2v) is 6.28. The van der Waals surface area contributed by atoms with E-state index in [-0.39, 0.29) is 5.97 Å². The molecule has 138 valence electrons. The van der Waals surface area contributed by atoms with Crippen molar-refractivity contribution < 1.29 is 9.53 Å². The van der Waals surface area contributed by atoms with Crippen molar-refractivity contribution >= 4 is 12.2 Å². The van der Waals surface area contributed by atoms with Crippen LogP contribution in [0.3, 0.4) is 0 Å². The highest BCUT2D eigenvalue weighted by Crippen LogP contribution is 2.19. The maximum atomic E-state index is 12.4. The van der Waals surface area contributed by atoms with E-state index in [4.69, 9.17) is 10.6 Å². The first kappa shape index (κ1) is 18.5. The summed E-state index contributed by atoms with van der Waals surface area (Å²) in [5.74, 6) is 4.95. The van der Waals surface area contributed by atoms with Gasteiger partial charge in [-0.25, -0.2) is 4.79 Å². The highest BCUT2D eigenvalue weighted by molar-refractivity contribution is 5.91. The van der Waals surface area contributed by atoms with Gasteiger partial charge in [0.15, 0.2) is 0 Å². The molecule has 0 saturated heterocycles. The Hall–Kier alpha value is -3.34. The lowest BCUT2D eigenvalue weighted by Gasteiger charge is -2.05. The van der Waals surface area contributed by atoms with Crippen molar-refractivity contribution in [1.82, 2.24) is 4.57 Å². The Labute approximate surface area is 159 Å². The van der Waals surface area contributed by atoms with Crippen molar-refractivity contribution in [3.05, 3.63) is 94.8 Å². The van der Waals surface area contributed by atoms with Crippen molar-refractivity contribution in [2.75, 3.05) is 6.61 Å². The van der Waals surface area contributed by atoms with Gasteiger partial charge in [-0.3, -0.25) is 0 Å². The summed E-state index contributed by atoms with van der Waals surface area (Å²) in [6, 6.07) is 18.1. The third-order valence-electron chi connectivity index (χ3n) is 4.24. The maximum Gasteiger partial charge on any atom is 0.339 e. The smallest absolute Gasteiger partial charge is 0.339 e.